The van der Waals surface area contributed by atoms with Gasteiger partial charge in [-0.1, -0.05) is 0 Å². The summed E-state index contributed by atoms with van der Waals surface area (Å²) in [5.41, 5.74) is 0. The van der Waals surface area contributed by atoms with Crippen molar-refractivity contribution in [2.75, 3.05) is 26.3 Å². The quantitative estimate of drug-likeness (QED) is 0.847. The Morgan fingerprint density at radius 1 is 1.37 bits per heavy atom. The van der Waals surface area contributed by atoms with Crippen LogP contribution in [-0.4, -0.2) is 48.3 Å². The first-order chi connectivity index (χ1) is 9.16. The summed E-state index contributed by atoms with van der Waals surface area (Å²) < 4.78 is 5.34. The fourth-order valence-corrected chi connectivity index (χ4v) is 3.15. The average Bonchev–Trinajstić information content (AvgIpc) is 2.46. The second-order valence-corrected chi connectivity index (χ2v) is 6.08. The molecule has 1 N–H and O–H groups in total. The molecule has 0 aromatic carbocycles. The van der Waals surface area contributed by atoms with Crippen molar-refractivity contribution in [3.63, 3.8) is 0 Å². The van der Waals surface area contributed by atoms with E-state index in [1.807, 2.05) is 11.8 Å². The Hall–Kier alpha value is -0.610. The van der Waals surface area contributed by atoms with Crippen molar-refractivity contribution in [2.45, 2.75) is 51.6 Å². The van der Waals surface area contributed by atoms with Gasteiger partial charge in [-0.05, 0) is 44.9 Å². The fourth-order valence-electron chi connectivity index (χ4n) is 3.15. The molecule has 0 radical (unpaired) electrons. The highest BCUT2D eigenvalue weighted by Crippen LogP contribution is 2.23. The molecule has 2 saturated heterocycles. The van der Waals surface area contributed by atoms with E-state index >= 15 is 0 Å². The van der Waals surface area contributed by atoms with Gasteiger partial charge in [0.05, 0.1) is 6.10 Å². The van der Waals surface area contributed by atoms with Crippen LogP contribution in [0.1, 0.15) is 45.4 Å². The minimum atomic E-state index is -0.300. The summed E-state index contributed by atoms with van der Waals surface area (Å²) in [7, 11) is 0. The van der Waals surface area contributed by atoms with Crippen LogP contribution in [0, 0.1) is 11.8 Å². The zero-order valence-corrected chi connectivity index (χ0v) is 12.0. The van der Waals surface area contributed by atoms with E-state index in [1.165, 1.54) is 0 Å². The van der Waals surface area contributed by atoms with Gasteiger partial charge in [0.25, 0.3) is 0 Å². The number of carbonyl (C=O) groups is 1. The van der Waals surface area contributed by atoms with Gasteiger partial charge in [-0.15, -0.1) is 0 Å². The van der Waals surface area contributed by atoms with E-state index in [2.05, 4.69) is 0 Å². The summed E-state index contributed by atoms with van der Waals surface area (Å²) in [5.74, 6) is 1.20. The molecule has 2 rings (SSSR count). The molecular formula is C15H27NO3. The van der Waals surface area contributed by atoms with Crippen LogP contribution in [0.2, 0.25) is 0 Å². The predicted molar refractivity (Wildman–Crippen MR) is 73.8 cm³/mol. The van der Waals surface area contributed by atoms with E-state index in [-0.39, 0.29) is 17.9 Å². The number of carbonyl (C=O) groups excluding carboxylic acids is 1. The molecule has 2 heterocycles. The SMILES string of the molecule is CC(O)C1CCCN(C(=O)CCC2CCOCC2)C1. The molecule has 0 aromatic rings. The first kappa shape index (κ1) is 14.8. The van der Waals surface area contributed by atoms with Crippen LogP contribution in [0.5, 0.6) is 0 Å². The Labute approximate surface area is 116 Å². The lowest BCUT2D eigenvalue weighted by molar-refractivity contribution is -0.134. The number of aliphatic hydroxyl groups is 1. The first-order valence-electron chi connectivity index (χ1n) is 7.70. The van der Waals surface area contributed by atoms with Crippen molar-refractivity contribution in [1.29, 1.82) is 0 Å². The van der Waals surface area contributed by atoms with E-state index in [1.54, 1.807) is 0 Å². The number of aliphatic hydroxyl groups excluding tert-OH is 1. The van der Waals surface area contributed by atoms with Gasteiger partial charge in [-0.25, -0.2) is 0 Å². The van der Waals surface area contributed by atoms with E-state index in [4.69, 9.17) is 4.74 Å². The van der Waals surface area contributed by atoms with Gasteiger partial charge >= 0.3 is 0 Å². The van der Waals surface area contributed by atoms with Crippen LogP contribution in [-0.2, 0) is 9.53 Å². The number of hydrogen-bond acceptors (Lipinski definition) is 3. The summed E-state index contributed by atoms with van der Waals surface area (Å²) in [6.07, 6.45) is 5.63. The van der Waals surface area contributed by atoms with Crippen molar-refractivity contribution < 1.29 is 14.6 Å². The number of rotatable bonds is 4. The average molecular weight is 269 g/mol. The molecular weight excluding hydrogens is 242 g/mol. The summed E-state index contributed by atoms with van der Waals surface area (Å²) in [6.45, 7) is 5.15. The normalized spacial score (nSPS) is 27.3. The Balaban J connectivity index is 1.72. The molecule has 0 bridgehead atoms. The van der Waals surface area contributed by atoms with Crippen LogP contribution in [0.4, 0.5) is 0 Å². The minimum Gasteiger partial charge on any atom is -0.393 e. The van der Waals surface area contributed by atoms with Gasteiger partial charge in [0.1, 0.15) is 0 Å². The Morgan fingerprint density at radius 3 is 2.79 bits per heavy atom. The minimum absolute atomic E-state index is 0.265. The summed E-state index contributed by atoms with van der Waals surface area (Å²) in [5, 5.41) is 9.66. The van der Waals surface area contributed by atoms with Crippen molar-refractivity contribution in [3.05, 3.63) is 0 Å². The molecule has 0 spiro atoms. The van der Waals surface area contributed by atoms with Crippen molar-refractivity contribution in [3.8, 4) is 0 Å². The Kier molecular flexibility index (Phi) is 5.64. The summed E-state index contributed by atoms with van der Waals surface area (Å²) >= 11 is 0. The van der Waals surface area contributed by atoms with E-state index in [9.17, 15) is 9.90 Å². The van der Waals surface area contributed by atoms with Gasteiger partial charge in [-0.3, -0.25) is 4.79 Å². The number of likely N-dealkylation sites (tertiary alicyclic amines) is 1. The lowest BCUT2D eigenvalue weighted by Crippen LogP contribution is -2.43. The standard InChI is InChI=1S/C15H27NO3/c1-12(17)14-3-2-8-16(11-14)15(18)5-4-13-6-9-19-10-7-13/h12-14,17H,2-11H2,1H3. The molecule has 1 amide bonds. The number of piperidine rings is 1. The van der Waals surface area contributed by atoms with Crippen molar-refractivity contribution in [1.82, 2.24) is 4.90 Å². The maximum atomic E-state index is 12.2. The van der Waals surface area contributed by atoms with Crippen molar-refractivity contribution >= 4 is 5.91 Å². The zero-order valence-electron chi connectivity index (χ0n) is 12.0. The highest BCUT2D eigenvalue weighted by Gasteiger charge is 2.26. The molecule has 4 nitrogen and oxygen atoms in total. The molecule has 0 aliphatic carbocycles. The molecule has 2 aliphatic rings. The Bertz CT molecular complexity index is 287. The van der Waals surface area contributed by atoms with Crippen LogP contribution in [0.15, 0.2) is 0 Å². The second kappa shape index (κ2) is 7.25. The van der Waals surface area contributed by atoms with Gasteiger partial charge in [-0.2, -0.15) is 0 Å². The highest BCUT2D eigenvalue weighted by molar-refractivity contribution is 5.76. The maximum absolute atomic E-state index is 12.2. The zero-order chi connectivity index (χ0) is 13.7. The fraction of sp³-hybridized carbons (Fsp3) is 0.933. The molecule has 110 valence electrons. The van der Waals surface area contributed by atoms with Gasteiger partial charge in [0.2, 0.25) is 5.91 Å². The third kappa shape index (κ3) is 4.46. The third-order valence-corrected chi connectivity index (χ3v) is 4.60. The van der Waals surface area contributed by atoms with Gasteiger partial charge < -0.3 is 14.7 Å². The lowest BCUT2D eigenvalue weighted by atomic mass is 9.92. The molecule has 4 heteroatoms. The first-order valence-corrected chi connectivity index (χ1v) is 7.70. The second-order valence-electron chi connectivity index (χ2n) is 6.08. The monoisotopic (exact) mass is 269 g/mol. The van der Waals surface area contributed by atoms with Crippen LogP contribution in [0.3, 0.4) is 0 Å². The van der Waals surface area contributed by atoms with Crippen LogP contribution < -0.4 is 0 Å². The molecule has 2 atom stereocenters. The third-order valence-electron chi connectivity index (χ3n) is 4.60. The molecule has 19 heavy (non-hydrogen) atoms. The van der Waals surface area contributed by atoms with Crippen LogP contribution >= 0.6 is 0 Å². The molecule has 2 fully saturated rings. The number of nitrogens with zero attached hydrogens (tertiary/aromatic N) is 1. The Morgan fingerprint density at radius 2 is 2.11 bits per heavy atom. The molecule has 2 unspecified atom stereocenters. The number of amides is 1. The molecule has 0 aromatic heterocycles. The maximum Gasteiger partial charge on any atom is 0.222 e. The molecule has 2 aliphatic heterocycles. The smallest absolute Gasteiger partial charge is 0.222 e. The molecule has 0 saturated carbocycles. The summed E-state index contributed by atoms with van der Waals surface area (Å²) in [4.78, 5) is 14.2. The van der Waals surface area contributed by atoms with E-state index < -0.39 is 0 Å². The van der Waals surface area contributed by atoms with Gasteiger partial charge in [0, 0.05) is 38.6 Å². The van der Waals surface area contributed by atoms with E-state index in [0.717, 1.165) is 58.4 Å². The lowest BCUT2D eigenvalue weighted by Gasteiger charge is -2.34. The number of ether oxygens (including phenoxy) is 1. The predicted octanol–water partition coefficient (Wildman–Crippen LogP) is 1.81. The van der Waals surface area contributed by atoms with Crippen molar-refractivity contribution in [2.24, 2.45) is 11.8 Å². The summed E-state index contributed by atoms with van der Waals surface area (Å²) in [6, 6.07) is 0. The highest BCUT2D eigenvalue weighted by atomic mass is 16.5. The number of hydrogen-bond donors (Lipinski definition) is 1. The van der Waals surface area contributed by atoms with Gasteiger partial charge in [0.15, 0.2) is 0 Å². The van der Waals surface area contributed by atoms with Crippen LogP contribution in [0.25, 0.3) is 0 Å². The van der Waals surface area contributed by atoms with E-state index in [0.29, 0.717) is 12.3 Å². The topological polar surface area (TPSA) is 49.8 Å². The largest absolute Gasteiger partial charge is 0.393 e.